The largest absolute Gasteiger partial charge is 0.324 e. The van der Waals surface area contributed by atoms with E-state index < -0.39 is 4.92 Å². The molecule has 0 radical (unpaired) electrons. The van der Waals surface area contributed by atoms with Crippen LogP contribution in [-0.4, -0.2) is 34.9 Å². The van der Waals surface area contributed by atoms with Gasteiger partial charge in [-0.15, -0.1) is 11.8 Å². The van der Waals surface area contributed by atoms with E-state index in [0.29, 0.717) is 21.2 Å². The van der Waals surface area contributed by atoms with Crippen LogP contribution in [0, 0.1) is 10.1 Å². The van der Waals surface area contributed by atoms with Crippen LogP contribution in [-0.2, 0) is 4.79 Å². The summed E-state index contributed by atoms with van der Waals surface area (Å²) in [5, 5.41) is 17.2. The first-order valence-corrected chi connectivity index (χ1v) is 8.46. The molecule has 6 nitrogen and oxygen atoms in total. The molecule has 1 fully saturated rings. The van der Waals surface area contributed by atoms with Crippen molar-refractivity contribution in [3.05, 3.63) is 32.8 Å². The Kier molecular flexibility index (Phi) is 6.01. The fourth-order valence-corrected chi connectivity index (χ4v) is 3.56. The first-order chi connectivity index (χ1) is 10.1. The molecule has 114 valence electrons. The van der Waals surface area contributed by atoms with Gasteiger partial charge < -0.3 is 10.6 Å². The number of rotatable bonds is 5. The van der Waals surface area contributed by atoms with Crippen LogP contribution in [0.25, 0.3) is 0 Å². The molecule has 0 saturated carbocycles. The van der Waals surface area contributed by atoms with Crippen LogP contribution in [0.15, 0.2) is 22.7 Å². The fourth-order valence-electron chi connectivity index (χ4n) is 2.06. The lowest BCUT2D eigenvalue weighted by Gasteiger charge is -2.21. The predicted molar refractivity (Wildman–Crippen MR) is 87.8 cm³/mol. The van der Waals surface area contributed by atoms with Crippen molar-refractivity contribution in [2.24, 2.45) is 0 Å². The zero-order valence-corrected chi connectivity index (χ0v) is 13.7. The van der Waals surface area contributed by atoms with Gasteiger partial charge in [0.2, 0.25) is 5.91 Å². The Morgan fingerprint density at radius 2 is 2.19 bits per heavy atom. The van der Waals surface area contributed by atoms with E-state index in [4.69, 9.17) is 0 Å². The molecule has 1 heterocycles. The number of benzene rings is 1. The predicted octanol–water partition coefficient (Wildman–Crippen LogP) is 2.78. The monoisotopic (exact) mass is 373 g/mol. The molecule has 2 rings (SSSR count). The number of nitrogens with one attached hydrogen (secondary N) is 2. The molecular formula is C13H16BrN3O3S. The Morgan fingerprint density at radius 3 is 2.81 bits per heavy atom. The number of hydrogen-bond acceptors (Lipinski definition) is 5. The van der Waals surface area contributed by atoms with Crippen LogP contribution in [0.3, 0.4) is 0 Å². The Morgan fingerprint density at radius 1 is 1.48 bits per heavy atom. The summed E-state index contributed by atoms with van der Waals surface area (Å²) >= 11 is 4.90. The number of non-ortho nitro benzene ring substituents is 1. The van der Waals surface area contributed by atoms with E-state index in [1.54, 1.807) is 11.8 Å². The molecule has 0 atom stereocenters. The van der Waals surface area contributed by atoms with Gasteiger partial charge in [-0.3, -0.25) is 14.9 Å². The second kappa shape index (κ2) is 7.77. The lowest BCUT2D eigenvalue weighted by Crippen LogP contribution is -2.30. The molecule has 0 spiro atoms. The third kappa shape index (κ3) is 4.98. The molecule has 1 aliphatic heterocycles. The molecule has 21 heavy (non-hydrogen) atoms. The van der Waals surface area contributed by atoms with Crippen LogP contribution in [0.1, 0.15) is 12.8 Å². The van der Waals surface area contributed by atoms with Gasteiger partial charge in [0.1, 0.15) is 0 Å². The number of carbonyl (C=O) groups excluding carboxylic acids is 1. The van der Waals surface area contributed by atoms with Gasteiger partial charge in [-0.05, 0) is 47.9 Å². The molecule has 1 aromatic rings. The highest BCUT2D eigenvalue weighted by Crippen LogP contribution is 2.27. The quantitative estimate of drug-likeness (QED) is 0.612. The summed E-state index contributed by atoms with van der Waals surface area (Å²) in [6, 6.07) is 4.30. The third-order valence-electron chi connectivity index (χ3n) is 3.17. The van der Waals surface area contributed by atoms with Crippen molar-refractivity contribution in [2.45, 2.75) is 18.1 Å². The van der Waals surface area contributed by atoms with Gasteiger partial charge in [-0.2, -0.15) is 0 Å². The summed E-state index contributed by atoms with van der Waals surface area (Å²) in [4.78, 5) is 22.1. The summed E-state index contributed by atoms with van der Waals surface area (Å²) in [5.41, 5.74) is 0.542. The fraction of sp³-hybridized carbons (Fsp3) is 0.462. The number of nitro benzene ring substituents is 1. The van der Waals surface area contributed by atoms with E-state index in [2.05, 4.69) is 26.6 Å². The van der Waals surface area contributed by atoms with Crippen molar-refractivity contribution in [3.63, 3.8) is 0 Å². The smallest absolute Gasteiger partial charge is 0.270 e. The SMILES string of the molecule is O=C(CSC1CCNCC1)Nc1ccc([N+](=O)[O-])cc1Br. The molecule has 0 unspecified atom stereocenters. The summed E-state index contributed by atoms with van der Waals surface area (Å²) in [7, 11) is 0. The molecule has 1 amide bonds. The number of amides is 1. The van der Waals surface area contributed by atoms with Crippen molar-refractivity contribution < 1.29 is 9.72 Å². The first-order valence-electron chi connectivity index (χ1n) is 6.62. The number of nitrogens with zero attached hydrogens (tertiary/aromatic N) is 1. The average Bonchev–Trinajstić information content (AvgIpc) is 2.48. The van der Waals surface area contributed by atoms with Crippen LogP contribution < -0.4 is 10.6 Å². The second-order valence-corrected chi connectivity index (χ2v) is 6.87. The maximum atomic E-state index is 11.9. The highest BCUT2D eigenvalue weighted by Gasteiger charge is 2.16. The van der Waals surface area contributed by atoms with Gasteiger partial charge in [0.15, 0.2) is 0 Å². The molecular weight excluding hydrogens is 358 g/mol. The van der Waals surface area contributed by atoms with Crippen molar-refractivity contribution in [3.8, 4) is 0 Å². The van der Waals surface area contributed by atoms with Crippen molar-refractivity contribution in [2.75, 3.05) is 24.2 Å². The number of carbonyl (C=O) groups is 1. The average molecular weight is 374 g/mol. The lowest BCUT2D eigenvalue weighted by molar-refractivity contribution is -0.384. The van der Waals surface area contributed by atoms with Crippen molar-refractivity contribution in [1.82, 2.24) is 5.32 Å². The second-order valence-electron chi connectivity index (χ2n) is 4.73. The van der Waals surface area contributed by atoms with E-state index in [9.17, 15) is 14.9 Å². The Balaban J connectivity index is 1.85. The van der Waals surface area contributed by atoms with E-state index in [1.807, 2.05) is 0 Å². The maximum absolute atomic E-state index is 11.9. The summed E-state index contributed by atoms with van der Waals surface area (Å²) in [6.07, 6.45) is 2.17. The topological polar surface area (TPSA) is 84.3 Å². The van der Waals surface area contributed by atoms with Crippen LogP contribution in [0.4, 0.5) is 11.4 Å². The Bertz CT molecular complexity index is 535. The van der Waals surface area contributed by atoms with E-state index in [1.165, 1.54) is 18.2 Å². The first kappa shape index (κ1) is 16.3. The number of halogens is 1. The minimum atomic E-state index is -0.469. The molecule has 1 aliphatic rings. The van der Waals surface area contributed by atoms with Gasteiger partial charge in [-0.1, -0.05) is 0 Å². The van der Waals surface area contributed by atoms with Crippen LogP contribution >= 0.6 is 27.7 Å². The molecule has 0 bridgehead atoms. The van der Waals surface area contributed by atoms with Crippen molar-refractivity contribution >= 4 is 45.0 Å². The van der Waals surface area contributed by atoms with Crippen LogP contribution in [0.2, 0.25) is 0 Å². The number of piperidine rings is 1. The number of thioether (sulfide) groups is 1. The van der Waals surface area contributed by atoms with Gasteiger partial charge >= 0.3 is 0 Å². The standard InChI is InChI=1S/C13H16BrN3O3S/c14-11-7-9(17(19)20)1-2-12(11)16-13(18)8-21-10-3-5-15-6-4-10/h1-2,7,10,15H,3-6,8H2,(H,16,18). The van der Waals surface area contributed by atoms with Crippen molar-refractivity contribution in [1.29, 1.82) is 0 Å². The van der Waals surface area contributed by atoms with Gasteiger partial charge in [-0.25, -0.2) is 0 Å². The highest BCUT2D eigenvalue weighted by atomic mass is 79.9. The number of hydrogen-bond donors (Lipinski definition) is 2. The summed E-state index contributed by atoms with van der Waals surface area (Å²) in [5.74, 6) is 0.307. The molecule has 0 aliphatic carbocycles. The molecule has 2 N–H and O–H groups in total. The summed E-state index contributed by atoms with van der Waals surface area (Å²) < 4.78 is 0.511. The molecule has 1 aromatic carbocycles. The lowest BCUT2D eigenvalue weighted by atomic mass is 10.2. The van der Waals surface area contributed by atoms with Gasteiger partial charge in [0.25, 0.3) is 5.69 Å². The maximum Gasteiger partial charge on any atom is 0.270 e. The minimum absolute atomic E-state index is 0.0102. The molecule has 8 heteroatoms. The highest BCUT2D eigenvalue weighted by molar-refractivity contribution is 9.10. The Hall–Kier alpha value is -1.12. The normalized spacial score (nSPS) is 15.7. The molecule has 0 aromatic heterocycles. The zero-order valence-electron chi connectivity index (χ0n) is 11.3. The van der Waals surface area contributed by atoms with E-state index >= 15 is 0 Å². The number of nitro groups is 1. The number of anilines is 1. The van der Waals surface area contributed by atoms with E-state index in [-0.39, 0.29) is 11.6 Å². The van der Waals surface area contributed by atoms with Gasteiger partial charge in [0.05, 0.1) is 16.4 Å². The zero-order chi connectivity index (χ0) is 15.2. The Labute approximate surface area is 135 Å². The molecule has 1 saturated heterocycles. The summed E-state index contributed by atoms with van der Waals surface area (Å²) in [6.45, 7) is 2.01. The third-order valence-corrected chi connectivity index (χ3v) is 5.20. The van der Waals surface area contributed by atoms with Gasteiger partial charge in [0, 0.05) is 21.9 Å². The van der Waals surface area contributed by atoms with E-state index in [0.717, 1.165) is 25.9 Å². The minimum Gasteiger partial charge on any atom is -0.324 e. The van der Waals surface area contributed by atoms with Crippen LogP contribution in [0.5, 0.6) is 0 Å².